The molecule has 0 spiro atoms. The van der Waals surface area contributed by atoms with Gasteiger partial charge in [0, 0.05) is 31.9 Å². The molecule has 2 heterocycles. The third kappa shape index (κ3) is 5.98. The van der Waals surface area contributed by atoms with Crippen molar-refractivity contribution >= 4 is 22.7 Å². The predicted octanol–water partition coefficient (Wildman–Crippen LogP) is 1.56. The minimum Gasteiger partial charge on any atom is -1.00 e. The zero-order valence-electron chi connectivity index (χ0n) is 20.4. The monoisotopic (exact) mass is 489 g/mol. The second-order valence-corrected chi connectivity index (χ2v) is 9.30. The topological polar surface area (TPSA) is 41.3 Å². The number of hydrogen-bond acceptors (Lipinski definition) is 3. The smallest absolute Gasteiger partial charge is 0.356 e. The molecule has 0 saturated carbocycles. The van der Waals surface area contributed by atoms with E-state index in [0.717, 1.165) is 51.6 Å². The van der Waals surface area contributed by atoms with Gasteiger partial charge in [0.05, 0.1) is 13.1 Å². The number of imidazole rings is 1. The molecule has 35 heavy (non-hydrogen) atoms. The molecule has 3 aromatic carbocycles. The van der Waals surface area contributed by atoms with Gasteiger partial charge in [-0.15, -0.1) is 0 Å². The number of rotatable bonds is 9. The van der Waals surface area contributed by atoms with E-state index in [-0.39, 0.29) is 12.4 Å². The van der Waals surface area contributed by atoms with Crippen molar-refractivity contribution < 1.29 is 17.0 Å². The molecule has 1 aliphatic heterocycles. The lowest BCUT2D eigenvalue weighted by molar-refractivity contribution is -0.648. The van der Waals surface area contributed by atoms with E-state index in [9.17, 15) is 0 Å². The molecule has 1 aromatic heterocycles. The van der Waals surface area contributed by atoms with Crippen molar-refractivity contribution in [2.45, 2.75) is 32.4 Å². The molecule has 5 nitrogen and oxygen atoms in total. The summed E-state index contributed by atoms with van der Waals surface area (Å²) in [6.45, 7) is 7.52. The van der Waals surface area contributed by atoms with E-state index in [1.165, 1.54) is 41.7 Å². The molecule has 5 rings (SSSR count). The third-order valence-corrected chi connectivity index (χ3v) is 7.05. The zero-order chi connectivity index (χ0) is 23.2. The number of nitrogens with two attached hydrogens (primary N) is 1. The number of nitrogen functional groups attached to an aromatic ring is 1. The summed E-state index contributed by atoms with van der Waals surface area (Å²) in [6, 6.07) is 29.9. The van der Waals surface area contributed by atoms with E-state index < -0.39 is 0 Å². The Morgan fingerprint density at radius 1 is 0.686 bits per heavy atom. The van der Waals surface area contributed by atoms with Crippen LogP contribution in [0.25, 0.3) is 11.0 Å². The largest absolute Gasteiger partial charge is 1.00 e. The number of aromatic nitrogens is 2. The zero-order valence-corrected chi connectivity index (χ0v) is 21.2. The number of benzene rings is 3. The Labute approximate surface area is 215 Å². The molecule has 0 amide bonds. The molecule has 0 atom stereocenters. The van der Waals surface area contributed by atoms with Gasteiger partial charge in [0.25, 0.3) is 0 Å². The van der Waals surface area contributed by atoms with Gasteiger partial charge < -0.3 is 17.3 Å². The summed E-state index contributed by atoms with van der Waals surface area (Å²) in [5.41, 5.74) is 11.7. The van der Waals surface area contributed by atoms with E-state index in [4.69, 9.17) is 5.73 Å². The van der Waals surface area contributed by atoms with Crippen LogP contribution in [0.3, 0.4) is 0 Å². The SMILES string of the molecule is Nc1n(CCCCCN2CCN(c3ccccc3)CC2)c2ccccc2[n+]1Cc1ccccc1.[Cl-]. The Morgan fingerprint density at radius 2 is 1.31 bits per heavy atom. The fourth-order valence-corrected chi connectivity index (χ4v) is 5.13. The van der Waals surface area contributed by atoms with E-state index in [1.807, 2.05) is 0 Å². The molecule has 4 aromatic rings. The van der Waals surface area contributed by atoms with Crippen LogP contribution < -0.4 is 27.6 Å². The highest BCUT2D eigenvalue weighted by molar-refractivity contribution is 5.73. The summed E-state index contributed by atoms with van der Waals surface area (Å²) in [4.78, 5) is 5.12. The maximum absolute atomic E-state index is 6.67. The summed E-state index contributed by atoms with van der Waals surface area (Å²) < 4.78 is 4.55. The van der Waals surface area contributed by atoms with Crippen molar-refractivity contribution in [2.75, 3.05) is 43.4 Å². The molecule has 2 N–H and O–H groups in total. The van der Waals surface area contributed by atoms with Crippen LogP contribution in [0.15, 0.2) is 84.9 Å². The maximum Gasteiger partial charge on any atom is 0.356 e. The normalized spacial score (nSPS) is 14.2. The minimum absolute atomic E-state index is 0. The molecule has 184 valence electrons. The van der Waals surface area contributed by atoms with Crippen molar-refractivity contribution in [2.24, 2.45) is 0 Å². The van der Waals surface area contributed by atoms with Gasteiger partial charge in [-0.05, 0) is 55.6 Å². The Balaban J connectivity index is 0.00000289. The van der Waals surface area contributed by atoms with Crippen LogP contribution in [0.1, 0.15) is 24.8 Å². The van der Waals surface area contributed by atoms with Crippen molar-refractivity contribution in [1.82, 2.24) is 9.47 Å². The molecular weight excluding hydrogens is 454 g/mol. The highest BCUT2D eigenvalue weighted by Crippen LogP contribution is 2.19. The standard InChI is InChI=1S/C29H35N5.ClH/c30-29-33(27-16-8-9-17-28(27)34(29)24-25-12-4-1-5-13-25)19-11-3-10-18-31-20-22-32(23-21-31)26-14-6-2-7-15-26;/h1-2,4-9,12-17,30H,3,10-11,18-24H2;1H. The Kier molecular flexibility index (Phi) is 8.67. The molecule has 0 aliphatic carbocycles. The average molecular weight is 490 g/mol. The highest BCUT2D eigenvalue weighted by Gasteiger charge is 2.21. The lowest BCUT2D eigenvalue weighted by Gasteiger charge is -2.36. The van der Waals surface area contributed by atoms with Crippen LogP contribution in [-0.4, -0.2) is 42.2 Å². The number of unbranched alkanes of at least 4 members (excludes halogenated alkanes) is 2. The molecule has 1 saturated heterocycles. The Bertz CT molecular complexity index is 1180. The lowest BCUT2D eigenvalue weighted by atomic mass is 10.2. The predicted molar refractivity (Wildman–Crippen MR) is 141 cm³/mol. The van der Waals surface area contributed by atoms with Gasteiger partial charge in [-0.3, -0.25) is 10.6 Å². The van der Waals surface area contributed by atoms with Crippen molar-refractivity contribution in [1.29, 1.82) is 0 Å². The van der Waals surface area contributed by atoms with Gasteiger partial charge in [-0.2, -0.15) is 0 Å². The number of nitrogens with zero attached hydrogens (tertiary/aromatic N) is 4. The second kappa shape index (κ2) is 12.1. The molecule has 1 fully saturated rings. The number of halogens is 1. The van der Waals surface area contributed by atoms with Crippen molar-refractivity contribution in [3.05, 3.63) is 90.5 Å². The molecule has 0 unspecified atom stereocenters. The first-order chi connectivity index (χ1) is 16.8. The summed E-state index contributed by atoms with van der Waals surface area (Å²) in [5.74, 6) is 0.849. The van der Waals surface area contributed by atoms with Gasteiger partial charge in [-0.1, -0.05) is 60.7 Å². The van der Waals surface area contributed by atoms with Crippen molar-refractivity contribution in [3.8, 4) is 0 Å². The van der Waals surface area contributed by atoms with Crippen LogP contribution in [0.2, 0.25) is 0 Å². The molecule has 0 bridgehead atoms. The summed E-state index contributed by atoms with van der Waals surface area (Å²) in [6.07, 6.45) is 3.62. The maximum atomic E-state index is 6.67. The fourth-order valence-electron chi connectivity index (χ4n) is 5.13. The van der Waals surface area contributed by atoms with E-state index in [1.54, 1.807) is 0 Å². The van der Waals surface area contributed by atoms with Gasteiger partial charge >= 0.3 is 5.95 Å². The lowest BCUT2D eigenvalue weighted by Crippen LogP contribution is -3.00. The van der Waals surface area contributed by atoms with E-state index in [2.05, 4.69) is 104 Å². The number of hydrogen-bond donors (Lipinski definition) is 1. The quantitative estimate of drug-likeness (QED) is 0.286. The van der Waals surface area contributed by atoms with Crippen LogP contribution in [0, 0.1) is 0 Å². The van der Waals surface area contributed by atoms with Gasteiger partial charge in [0.1, 0.15) is 11.0 Å². The molecule has 0 radical (unpaired) electrons. The molecular formula is C29H36ClN5. The molecule has 6 heteroatoms. The van der Waals surface area contributed by atoms with Crippen LogP contribution >= 0.6 is 0 Å². The highest BCUT2D eigenvalue weighted by atomic mass is 35.5. The minimum atomic E-state index is 0. The van der Waals surface area contributed by atoms with Crippen molar-refractivity contribution in [3.63, 3.8) is 0 Å². The van der Waals surface area contributed by atoms with Gasteiger partial charge in [0.2, 0.25) is 0 Å². The summed E-state index contributed by atoms with van der Waals surface area (Å²) in [5, 5.41) is 0. The fraction of sp³-hybridized carbons (Fsp3) is 0.345. The van der Waals surface area contributed by atoms with Crippen LogP contribution in [0.4, 0.5) is 11.6 Å². The third-order valence-electron chi connectivity index (χ3n) is 7.05. The van der Waals surface area contributed by atoms with E-state index >= 15 is 0 Å². The number of aryl methyl sites for hydroxylation is 1. The number of fused-ring (bicyclic) bond motifs is 1. The van der Waals surface area contributed by atoms with Gasteiger partial charge in [-0.25, -0.2) is 9.13 Å². The number of anilines is 2. The summed E-state index contributed by atoms with van der Waals surface area (Å²) in [7, 11) is 0. The van der Waals surface area contributed by atoms with Crippen LogP contribution in [-0.2, 0) is 13.1 Å². The number of piperazine rings is 1. The number of para-hydroxylation sites is 3. The second-order valence-electron chi connectivity index (χ2n) is 9.30. The first-order valence-corrected chi connectivity index (χ1v) is 12.6. The van der Waals surface area contributed by atoms with Gasteiger partial charge in [0.15, 0.2) is 0 Å². The Hall–Kier alpha value is -3.02. The molecule has 1 aliphatic rings. The first-order valence-electron chi connectivity index (χ1n) is 12.6. The average Bonchev–Trinajstić information content (AvgIpc) is 3.16. The summed E-state index contributed by atoms with van der Waals surface area (Å²) >= 11 is 0. The Morgan fingerprint density at radius 3 is 2.06 bits per heavy atom. The first kappa shape index (κ1) is 25.1. The van der Waals surface area contributed by atoms with E-state index in [0.29, 0.717) is 0 Å². The van der Waals surface area contributed by atoms with Crippen LogP contribution in [0.5, 0.6) is 0 Å².